The zero-order chi connectivity index (χ0) is 17.7. The van der Waals surface area contributed by atoms with Crippen LogP contribution in [0.2, 0.25) is 0 Å². The Morgan fingerprint density at radius 1 is 1.21 bits per heavy atom. The highest BCUT2D eigenvalue weighted by Crippen LogP contribution is 2.24. The number of carbonyl (C=O) groups is 1. The molecule has 0 aliphatic carbocycles. The molecule has 1 amide bonds. The minimum atomic E-state index is -0.873. The van der Waals surface area contributed by atoms with Crippen molar-refractivity contribution in [3.05, 3.63) is 48.2 Å². The lowest BCUT2D eigenvalue weighted by Gasteiger charge is -2.27. The lowest BCUT2D eigenvalue weighted by molar-refractivity contribution is 0.209. The van der Waals surface area contributed by atoms with Gasteiger partial charge in [0.25, 0.3) is 0 Å². The number of amides is 1. The van der Waals surface area contributed by atoms with E-state index in [4.69, 9.17) is 16.2 Å². The zero-order valence-electron chi connectivity index (χ0n) is 14.5. The van der Waals surface area contributed by atoms with Gasteiger partial charge in [0.2, 0.25) is 5.88 Å². The van der Waals surface area contributed by atoms with Crippen molar-refractivity contribution in [1.29, 1.82) is 0 Å². The van der Waals surface area contributed by atoms with Crippen LogP contribution in [0.15, 0.2) is 42.6 Å². The molecular formula is C19H25N3O2. The summed E-state index contributed by atoms with van der Waals surface area (Å²) in [7, 11) is 0. The van der Waals surface area contributed by atoms with Gasteiger partial charge in [-0.2, -0.15) is 0 Å². The van der Waals surface area contributed by atoms with Gasteiger partial charge in [-0.05, 0) is 48.4 Å². The van der Waals surface area contributed by atoms with E-state index in [-0.39, 0.29) is 11.4 Å². The number of benzene rings is 1. The Hall–Kier alpha value is -2.40. The monoisotopic (exact) mass is 327 g/mol. The Labute approximate surface area is 143 Å². The average Bonchev–Trinajstić information content (AvgIpc) is 2.45. The van der Waals surface area contributed by atoms with Gasteiger partial charge in [-0.25, -0.2) is 9.78 Å². The molecule has 1 atom stereocenters. The molecule has 2 rings (SSSR count). The van der Waals surface area contributed by atoms with Gasteiger partial charge in [-0.15, -0.1) is 0 Å². The summed E-state index contributed by atoms with van der Waals surface area (Å²) in [5, 5.41) is 0. The van der Waals surface area contributed by atoms with E-state index in [1.807, 2.05) is 18.2 Å². The van der Waals surface area contributed by atoms with Crippen molar-refractivity contribution in [2.24, 2.45) is 17.4 Å². The molecule has 4 N–H and O–H groups in total. The fourth-order valence-corrected chi connectivity index (χ4v) is 3.03. The van der Waals surface area contributed by atoms with Gasteiger partial charge in [-0.3, -0.25) is 0 Å². The number of ether oxygens (including phenoxy) is 1. The first-order valence-electron chi connectivity index (χ1n) is 8.07. The van der Waals surface area contributed by atoms with E-state index in [0.717, 1.165) is 24.0 Å². The Kier molecular flexibility index (Phi) is 5.57. The summed E-state index contributed by atoms with van der Waals surface area (Å²) in [6.45, 7) is 6.46. The van der Waals surface area contributed by atoms with Gasteiger partial charge < -0.3 is 16.2 Å². The zero-order valence-corrected chi connectivity index (χ0v) is 14.5. The number of pyridine rings is 1. The Balaban J connectivity index is 2.13. The highest BCUT2D eigenvalue weighted by Gasteiger charge is 2.20. The molecule has 5 heteroatoms. The molecule has 0 radical (unpaired) electrons. The molecule has 0 spiro atoms. The maximum atomic E-state index is 10.8. The van der Waals surface area contributed by atoms with Gasteiger partial charge in [0.05, 0.1) is 0 Å². The molecule has 1 aromatic heterocycles. The molecule has 0 aliphatic heterocycles. The predicted molar refractivity (Wildman–Crippen MR) is 95.6 cm³/mol. The first-order valence-corrected chi connectivity index (χ1v) is 8.07. The van der Waals surface area contributed by atoms with Crippen molar-refractivity contribution in [1.82, 2.24) is 4.98 Å². The third-order valence-electron chi connectivity index (χ3n) is 3.71. The second-order valence-electron chi connectivity index (χ2n) is 6.93. The number of rotatable bonds is 6. The fraction of sp³-hybridized carbons (Fsp3) is 0.368. The van der Waals surface area contributed by atoms with E-state index in [0.29, 0.717) is 5.92 Å². The minimum Gasteiger partial charge on any atom is -0.391 e. The molecule has 0 fully saturated rings. The van der Waals surface area contributed by atoms with Crippen LogP contribution in [-0.2, 0) is 6.42 Å². The van der Waals surface area contributed by atoms with E-state index >= 15 is 0 Å². The number of nitrogens with zero attached hydrogens (tertiary/aromatic N) is 1. The molecule has 24 heavy (non-hydrogen) atoms. The second kappa shape index (κ2) is 7.45. The van der Waals surface area contributed by atoms with Crippen LogP contribution in [0.1, 0.15) is 32.8 Å². The minimum absolute atomic E-state index is 0.190. The van der Waals surface area contributed by atoms with E-state index in [9.17, 15) is 4.79 Å². The topological polar surface area (TPSA) is 91.2 Å². The molecule has 128 valence electrons. The number of hydrogen-bond acceptors (Lipinski definition) is 4. The summed E-state index contributed by atoms with van der Waals surface area (Å²) in [6.07, 6.45) is 2.52. The van der Waals surface area contributed by atoms with Crippen LogP contribution < -0.4 is 16.2 Å². The van der Waals surface area contributed by atoms with Crippen molar-refractivity contribution >= 4 is 6.09 Å². The molecule has 0 saturated carbocycles. The highest BCUT2D eigenvalue weighted by atomic mass is 16.6. The van der Waals surface area contributed by atoms with Crippen LogP contribution in [-0.4, -0.2) is 16.6 Å². The van der Waals surface area contributed by atoms with Gasteiger partial charge in [-0.1, -0.05) is 38.1 Å². The van der Waals surface area contributed by atoms with Crippen LogP contribution >= 0.6 is 0 Å². The molecule has 0 saturated heterocycles. The second-order valence-corrected chi connectivity index (χ2v) is 6.93. The van der Waals surface area contributed by atoms with Crippen molar-refractivity contribution in [3.8, 4) is 17.0 Å². The largest absolute Gasteiger partial charge is 0.411 e. The number of aromatic nitrogens is 1. The first-order chi connectivity index (χ1) is 11.2. The van der Waals surface area contributed by atoms with Gasteiger partial charge in [0, 0.05) is 17.8 Å². The Morgan fingerprint density at radius 3 is 2.46 bits per heavy atom. The third kappa shape index (κ3) is 5.35. The van der Waals surface area contributed by atoms with Crippen molar-refractivity contribution in [2.75, 3.05) is 0 Å². The van der Waals surface area contributed by atoms with Crippen LogP contribution in [0.25, 0.3) is 11.1 Å². The van der Waals surface area contributed by atoms with Gasteiger partial charge in [0.15, 0.2) is 0 Å². The Bertz CT molecular complexity index is 694. The van der Waals surface area contributed by atoms with Gasteiger partial charge in [0.1, 0.15) is 0 Å². The average molecular weight is 327 g/mol. The van der Waals surface area contributed by atoms with E-state index < -0.39 is 6.09 Å². The lowest BCUT2D eigenvalue weighted by Crippen LogP contribution is -2.39. The maximum absolute atomic E-state index is 10.8. The normalized spacial score (nSPS) is 13.5. The van der Waals surface area contributed by atoms with Crippen molar-refractivity contribution in [3.63, 3.8) is 0 Å². The van der Waals surface area contributed by atoms with Crippen LogP contribution in [0.3, 0.4) is 0 Å². The molecule has 1 unspecified atom stereocenters. The summed E-state index contributed by atoms with van der Waals surface area (Å²) in [4.78, 5) is 14.8. The van der Waals surface area contributed by atoms with Crippen LogP contribution in [0.5, 0.6) is 5.88 Å². The number of primary amides is 1. The Morgan fingerprint density at radius 2 is 1.88 bits per heavy atom. The SMILES string of the molecule is CC(C)CC(C)(N)Cc1ccc(-c2ccnc(OC(N)=O)c2)cc1. The van der Waals surface area contributed by atoms with Crippen LogP contribution in [0, 0.1) is 5.92 Å². The molecule has 5 nitrogen and oxygen atoms in total. The van der Waals surface area contributed by atoms with Crippen LogP contribution in [0.4, 0.5) is 4.79 Å². The summed E-state index contributed by atoms with van der Waals surface area (Å²) in [5.74, 6) is 0.760. The van der Waals surface area contributed by atoms with E-state index in [1.165, 1.54) is 5.56 Å². The number of nitrogens with two attached hydrogens (primary N) is 2. The maximum Gasteiger partial charge on any atom is 0.411 e. The number of carbonyl (C=O) groups excluding carboxylic acids is 1. The molecule has 2 aromatic rings. The summed E-state index contributed by atoms with van der Waals surface area (Å²) >= 11 is 0. The summed E-state index contributed by atoms with van der Waals surface area (Å²) in [5.41, 5.74) is 14.3. The first kappa shape index (κ1) is 17.9. The van der Waals surface area contributed by atoms with Crippen molar-refractivity contribution < 1.29 is 9.53 Å². The highest BCUT2D eigenvalue weighted by molar-refractivity contribution is 5.69. The smallest absolute Gasteiger partial charge is 0.391 e. The van der Waals surface area contributed by atoms with Crippen molar-refractivity contribution in [2.45, 2.75) is 39.2 Å². The van der Waals surface area contributed by atoms with Gasteiger partial charge >= 0.3 is 6.09 Å². The standard InChI is InChI=1S/C19H25N3O2/c1-13(2)11-19(3,21)12-14-4-6-15(7-5-14)16-8-9-22-17(10-16)24-18(20)23/h4-10,13H,11-12,21H2,1-3H3,(H2,20,23). The molecule has 0 aliphatic rings. The molecular weight excluding hydrogens is 302 g/mol. The molecule has 0 bridgehead atoms. The fourth-order valence-electron chi connectivity index (χ4n) is 3.03. The number of hydrogen-bond donors (Lipinski definition) is 2. The lowest BCUT2D eigenvalue weighted by atomic mass is 9.85. The molecule has 1 heterocycles. The summed E-state index contributed by atoms with van der Waals surface area (Å²) in [6, 6.07) is 11.8. The quantitative estimate of drug-likeness (QED) is 0.849. The predicted octanol–water partition coefficient (Wildman–Crippen LogP) is 3.51. The summed E-state index contributed by atoms with van der Waals surface area (Å²) < 4.78 is 4.81. The molecule has 1 aromatic carbocycles. The third-order valence-corrected chi connectivity index (χ3v) is 3.71. The van der Waals surface area contributed by atoms with E-state index in [2.05, 4.69) is 37.9 Å². The van der Waals surface area contributed by atoms with E-state index in [1.54, 1.807) is 12.3 Å².